The Kier molecular flexibility index (Phi) is 11.5. The number of hydrogen-bond donors (Lipinski definition) is 0. The maximum absolute atomic E-state index is 12.7. The highest BCUT2D eigenvalue weighted by Gasteiger charge is 2.19. The topological polar surface area (TPSA) is 105 Å². The van der Waals surface area contributed by atoms with Crippen LogP contribution in [0.4, 0.5) is 0 Å². The van der Waals surface area contributed by atoms with Crippen LogP contribution < -0.4 is 18.9 Å². The van der Waals surface area contributed by atoms with Gasteiger partial charge in [-0.2, -0.15) is 0 Å². The summed E-state index contributed by atoms with van der Waals surface area (Å²) >= 11 is 0. The number of ether oxygens (including phenoxy) is 4. The second kappa shape index (κ2) is 15.9. The molecule has 0 unspecified atom stereocenters. The van der Waals surface area contributed by atoms with Crippen molar-refractivity contribution in [2.45, 2.75) is 27.7 Å². The van der Waals surface area contributed by atoms with Crippen molar-refractivity contribution >= 4 is 23.9 Å². The summed E-state index contributed by atoms with van der Waals surface area (Å²) in [5.74, 6) is 4.63. The molecule has 50 heavy (non-hydrogen) atoms. The fraction of sp³-hybridized carbons (Fsp3) is 0.0952. The third kappa shape index (κ3) is 9.43. The quantitative estimate of drug-likeness (QED) is 0.0720. The summed E-state index contributed by atoms with van der Waals surface area (Å²) in [6.45, 7) is 20.7. The summed E-state index contributed by atoms with van der Waals surface area (Å²) in [7, 11) is 0. The summed E-state index contributed by atoms with van der Waals surface area (Å²) in [6.07, 6.45) is 0. The third-order valence-electron chi connectivity index (χ3n) is 6.88. The Bertz CT molecular complexity index is 2100. The monoisotopic (exact) mass is 666 g/mol. The van der Waals surface area contributed by atoms with Gasteiger partial charge in [-0.25, -0.2) is 19.2 Å². The van der Waals surface area contributed by atoms with Crippen molar-refractivity contribution in [1.29, 1.82) is 0 Å². The van der Waals surface area contributed by atoms with Gasteiger partial charge >= 0.3 is 23.9 Å². The van der Waals surface area contributed by atoms with Crippen molar-refractivity contribution in [1.82, 2.24) is 0 Å². The van der Waals surface area contributed by atoms with Gasteiger partial charge in [-0.3, -0.25) is 0 Å². The number of rotatable bonds is 10. The van der Waals surface area contributed by atoms with Gasteiger partial charge in [0.1, 0.15) is 23.0 Å². The first-order chi connectivity index (χ1) is 23.7. The number of carbonyl (C=O) groups excluding carboxylic acids is 4. The Balaban J connectivity index is 1.74. The highest BCUT2D eigenvalue weighted by atomic mass is 16.5. The fourth-order valence-electron chi connectivity index (χ4n) is 4.12. The average Bonchev–Trinajstić information content (AvgIpc) is 3.08. The Labute approximate surface area is 291 Å². The minimum Gasteiger partial charge on any atom is -0.423 e. The molecule has 0 spiro atoms. The lowest BCUT2D eigenvalue weighted by molar-refractivity contribution is -0.131. The van der Waals surface area contributed by atoms with E-state index in [1.165, 1.54) is 19.9 Å². The number of carbonyl (C=O) groups is 4. The Morgan fingerprint density at radius 3 is 1.30 bits per heavy atom. The highest BCUT2D eigenvalue weighted by molar-refractivity contribution is 5.92. The summed E-state index contributed by atoms with van der Waals surface area (Å²) in [5, 5.41) is 0. The molecule has 4 aromatic rings. The van der Waals surface area contributed by atoms with Crippen LogP contribution in [0.15, 0.2) is 134 Å². The van der Waals surface area contributed by atoms with E-state index in [0.717, 1.165) is 11.1 Å². The zero-order valence-corrected chi connectivity index (χ0v) is 28.2. The molecule has 0 heterocycles. The van der Waals surface area contributed by atoms with Gasteiger partial charge < -0.3 is 18.9 Å². The molecular formula is C42H34O8. The van der Waals surface area contributed by atoms with Gasteiger partial charge in [0, 0.05) is 39.5 Å². The predicted molar refractivity (Wildman–Crippen MR) is 192 cm³/mol. The van der Waals surface area contributed by atoms with Gasteiger partial charge in [0.2, 0.25) is 0 Å². The predicted octanol–water partition coefficient (Wildman–Crippen LogP) is 8.35. The Morgan fingerprint density at radius 1 is 0.460 bits per heavy atom. The molecule has 0 bridgehead atoms. The summed E-state index contributed by atoms with van der Waals surface area (Å²) in [5.41, 5.74) is 4.58. The Hall–Kier alpha value is -6.72. The van der Waals surface area contributed by atoms with Gasteiger partial charge in [0.15, 0.2) is 0 Å². The fourth-order valence-corrected chi connectivity index (χ4v) is 4.12. The van der Waals surface area contributed by atoms with Crippen molar-refractivity contribution < 1.29 is 38.1 Å². The van der Waals surface area contributed by atoms with E-state index in [2.05, 4.69) is 38.2 Å². The van der Waals surface area contributed by atoms with E-state index in [1.54, 1.807) is 56.3 Å². The molecule has 0 saturated carbocycles. The van der Waals surface area contributed by atoms with E-state index in [4.69, 9.17) is 18.9 Å². The summed E-state index contributed by atoms with van der Waals surface area (Å²) in [6, 6.07) is 24.0. The second-order valence-electron chi connectivity index (χ2n) is 11.4. The molecule has 0 amide bonds. The minimum absolute atomic E-state index is 0.117. The standard InChI is InChI=1S/C42H34O8/c1-25(2)39(43)47-34-19-10-29(11-20-34)9-12-33-23-38(50-42(46)28(7)8)36(24-37(33)49-41(45)27(5)6)32-15-13-30(14-16-32)31-17-21-35(22-18-31)48-40(44)26(3)4/h10-11,13-24H,1,3,5,7H2,2,4,6,8H3. The zero-order chi connectivity index (χ0) is 36.5. The minimum atomic E-state index is -0.665. The first-order valence-electron chi connectivity index (χ1n) is 15.2. The van der Waals surface area contributed by atoms with E-state index in [1.807, 2.05) is 36.4 Å². The number of benzene rings is 4. The first-order valence-corrected chi connectivity index (χ1v) is 15.2. The third-order valence-corrected chi connectivity index (χ3v) is 6.88. The maximum Gasteiger partial charge on any atom is 0.338 e. The van der Waals surface area contributed by atoms with Gasteiger partial charge in [-0.05, 0) is 86.8 Å². The van der Waals surface area contributed by atoms with Crippen LogP contribution in [0.25, 0.3) is 22.3 Å². The highest BCUT2D eigenvalue weighted by Crippen LogP contribution is 2.38. The van der Waals surface area contributed by atoms with E-state index < -0.39 is 23.9 Å². The van der Waals surface area contributed by atoms with E-state index in [9.17, 15) is 19.2 Å². The van der Waals surface area contributed by atoms with Crippen molar-refractivity contribution in [2.75, 3.05) is 0 Å². The molecule has 0 aliphatic carbocycles. The van der Waals surface area contributed by atoms with Gasteiger partial charge in [-0.1, -0.05) is 74.6 Å². The molecule has 4 aromatic carbocycles. The van der Waals surface area contributed by atoms with E-state index in [0.29, 0.717) is 33.8 Å². The summed E-state index contributed by atoms with van der Waals surface area (Å²) in [4.78, 5) is 49.1. The van der Waals surface area contributed by atoms with E-state index >= 15 is 0 Å². The van der Waals surface area contributed by atoms with Crippen LogP contribution in [-0.4, -0.2) is 23.9 Å². The van der Waals surface area contributed by atoms with Gasteiger partial charge in [-0.15, -0.1) is 0 Å². The van der Waals surface area contributed by atoms with E-state index in [-0.39, 0.29) is 33.8 Å². The van der Waals surface area contributed by atoms with Crippen molar-refractivity contribution in [3.05, 3.63) is 145 Å². The normalized spacial score (nSPS) is 10.1. The van der Waals surface area contributed by atoms with Crippen LogP contribution in [0.1, 0.15) is 38.8 Å². The maximum atomic E-state index is 12.7. The van der Waals surface area contributed by atoms with Crippen LogP contribution in [0.2, 0.25) is 0 Å². The molecule has 4 rings (SSSR count). The smallest absolute Gasteiger partial charge is 0.338 e. The molecule has 0 N–H and O–H groups in total. The Morgan fingerprint density at radius 2 is 0.840 bits per heavy atom. The summed E-state index contributed by atoms with van der Waals surface area (Å²) < 4.78 is 21.9. The molecular weight excluding hydrogens is 632 g/mol. The van der Waals surface area contributed by atoms with Crippen LogP contribution in [0.5, 0.6) is 23.0 Å². The van der Waals surface area contributed by atoms with Crippen LogP contribution >= 0.6 is 0 Å². The molecule has 8 nitrogen and oxygen atoms in total. The van der Waals surface area contributed by atoms with Crippen LogP contribution in [0, 0.1) is 11.8 Å². The number of esters is 4. The van der Waals surface area contributed by atoms with Crippen molar-refractivity contribution in [2.24, 2.45) is 0 Å². The van der Waals surface area contributed by atoms with Crippen LogP contribution in [-0.2, 0) is 19.2 Å². The SMILES string of the molecule is C=C(C)C(=O)Oc1ccc(C#Cc2cc(OC(=O)C(=C)C)c(-c3ccc(-c4ccc(OC(=O)C(=C)C)cc4)cc3)cc2OC(=O)C(=C)C)cc1. The molecule has 0 aromatic heterocycles. The first kappa shape index (κ1) is 36.1. The molecule has 0 saturated heterocycles. The van der Waals surface area contributed by atoms with Crippen LogP contribution in [0.3, 0.4) is 0 Å². The van der Waals surface area contributed by atoms with Crippen molar-refractivity contribution in [3.8, 4) is 57.1 Å². The molecule has 0 fully saturated rings. The van der Waals surface area contributed by atoms with Crippen molar-refractivity contribution in [3.63, 3.8) is 0 Å². The second-order valence-corrected chi connectivity index (χ2v) is 11.4. The van der Waals surface area contributed by atoms with Gasteiger partial charge in [0.25, 0.3) is 0 Å². The lowest BCUT2D eigenvalue weighted by atomic mass is 9.98. The van der Waals surface area contributed by atoms with Gasteiger partial charge in [0.05, 0.1) is 5.56 Å². The lowest BCUT2D eigenvalue weighted by Crippen LogP contribution is -2.11. The molecule has 250 valence electrons. The molecule has 0 aliphatic rings. The molecule has 0 radical (unpaired) electrons. The molecule has 0 aliphatic heterocycles. The zero-order valence-electron chi connectivity index (χ0n) is 28.2. The molecule has 8 heteroatoms. The molecule has 0 atom stereocenters. The lowest BCUT2D eigenvalue weighted by Gasteiger charge is -2.15. The largest absolute Gasteiger partial charge is 0.423 e. The number of hydrogen-bond acceptors (Lipinski definition) is 8. The average molecular weight is 667 g/mol.